The van der Waals surface area contributed by atoms with E-state index in [1.54, 1.807) is 7.11 Å². The second kappa shape index (κ2) is 6.22. The summed E-state index contributed by atoms with van der Waals surface area (Å²) in [7, 11) is 1.61. The lowest BCUT2D eigenvalue weighted by atomic mass is 9.74. The number of aromatic nitrogens is 2. The van der Waals surface area contributed by atoms with Crippen LogP contribution in [0.1, 0.15) is 42.1 Å². The molecular weight excluding hydrogens is 262 g/mol. The number of nitrogens with zero attached hydrogens (tertiary/aromatic N) is 2. The molecule has 2 atom stereocenters. The van der Waals surface area contributed by atoms with Crippen LogP contribution in [-0.4, -0.2) is 23.9 Å². The van der Waals surface area contributed by atoms with Crippen molar-refractivity contribution in [3.8, 4) is 5.88 Å². The fourth-order valence-electron chi connectivity index (χ4n) is 3.04. The maximum Gasteiger partial charge on any atom is 0.233 e. The third-order valence-corrected chi connectivity index (χ3v) is 4.16. The summed E-state index contributed by atoms with van der Waals surface area (Å²) in [6.07, 6.45) is 2.23. The lowest BCUT2D eigenvalue weighted by molar-refractivity contribution is 0.385. The Hall–Kier alpha value is -1.94. The molecule has 0 bridgehead atoms. The van der Waals surface area contributed by atoms with Crippen LogP contribution in [0.15, 0.2) is 36.4 Å². The van der Waals surface area contributed by atoms with Crippen molar-refractivity contribution in [1.29, 1.82) is 0 Å². The molecule has 1 aliphatic rings. The Morgan fingerprint density at radius 2 is 2.10 bits per heavy atom. The standard InChI is InChI=1S/C17H21N3O/c1-3-18-16(15-8-9-17(21-2)20-19-15)11-13-10-12-6-4-5-7-14(12)13/h4-9,13,16,18H,3,10-11H2,1-2H3. The monoisotopic (exact) mass is 283 g/mol. The largest absolute Gasteiger partial charge is 0.480 e. The summed E-state index contributed by atoms with van der Waals surface area (Å²) in [5.74, 6) is 1.18. The van der Waals surface area contributed by atoms with Gasteiger partial charge in [0.2, 0.25) is 5.88 Å². The van der Waals surface area contributed by atoms with Crippen molar-refractivity contribution in [1.82, 2.24) is 15.5 Å². The maximum atomic E-state index is 5.07. The van der Waals surface area contributed by atoms with Gasteiger partial charge in [-0.25, -0.2) is 0 Å². The van der Waals surface area contributed by atoms with Gasteiger partial charge < -0.3 is 10.1 Å². The van der Waals surface area contributed by atoms with Gasteiger partial charge in [-0.3, -0.25) is 0 Å². The molecule has 0 spiro atoms. The van der Waals surface area contributed by atoms with Crippen LogP contribution >= 0.6 is 0 Å². The molecule has 1 heterocycles. The predicted octanol–water partition coefficient (Wildman–Crippen LogP) is 2.87. The normalized spacial score (nSPS) is 17.7. The van der Waals surface area contributed by atoms with Crippen LogP contribution in [-0.2, 0) is 6.42 Å². The smallest absolute Gasteiger partial charge is 0.233 e. The van der Waals surface area contributed by atoms with E-state index in [1.165, 1.54) is 17.5 Å². The molecule has 4 nitrogen and oxygen atoms in total. The van der Waals surface area contributed by atoms with Crippen molar-refractivity contribution in [2.75, 3.05) is 13.7 Å². The topological polar surface area (TPSA) is 47.0 Å². The first-order chi connectivity index (χ1) is 10.3. The molecule has 2 aromatic rings. The van der Waals surface area contributed by atoms with Crippen molar-refractivity contribution in [2.45, 2.75) is 31.7 Å². The molecule has 110 valence electrons. The van der Waals surface area contributed by atoms with E-state index in [0.29, 0.717) is 11.8 Å². The van der Waals surface area contributed by atoms with E-state index < -0.39 is 0 Å². The molecule has 0 amide bonds. The van der Waals surface area contributed by atoms with Gasteiger partial charge in [-0.05, 0) is 42.5 Å². The highest BCUT2D eigenvalue weighted by molar-refractivity contribution is 5.40. The zero-order valence-corrected chi connectivity index (χ0v) is 12.5. The van der Waals surface area contributed by atoms with Crippen molar-refractivity contribution in [3.63, 3.8) is 0 Å². The van der Waals surface area contributed by atoms with E-state index in [1.807, 2.05) is 12.1 Å². The summed E-state index contributed by atoms with van der Waals surface area (Å²) in [5.41, 5.74) is 3.96. The van der Waals surface area contributed by atoms with Gasteiger partial charge in [0.15, 0.2) is 0 Å². The van der Waals surface area contributed by atoms with Crippen molar-refractivity contribution < 1.29 is 4.74 Å². The Balaban J connectivity index is 1.73. The van der Waals surface area contributed by atoms with Gasteiger partial charge in [-0.1, -0.05) is 31.2 Å². The number of methoxy groups -OCH3 is 1. The van der Waals surface area contributed by atoms with E-state index in [2.05, 4.69) is 46.7 Å². The van der Waals surface area contributed by atoms with Gasteiger partial charge >= 0.3 is 0 Å². The molecule has 4 heteroatoms. The molecule has 1 N–H and O–H groups in total. The first-order valence-electron chi connectivity index (χ1n) is 7.50. The lowest BCUT2D eigenvalue weighted by Crippen LogP contribution is -2.27. The highest BCUT2D eigenvalue weighted by Gasteiger charge is 2.28. The van der Waals surface area contributed by atoms with Gasteiger partial charge in [-0.15, -0.1) is 5.10 Å². The molecule has 0 fully saturated rings. The summed E-state index contributed by atoms with van der Waals surface area (Å²) in [6, 6.07) is 12.8. The van der Waals surface area contributed by atoms with Crippen molar-refractivity contribution in [2.24, 2.45) is 0 Å². The molecule has 1 aliphatic carbocycles. The number of nitrogens with one attached hydrogen (secondary N) is 1. The number of fused-ring (bicyclic) bond motifs is 1. The molecular formula is C17H21N3O. The van der Waals surface area contributed by atoms with Gasteiger partial charge in [0.1, 0.15) is 0 Å². The Morgan fingerprint density at radius 1 is 1.24 bits per heavy atom. The van der Waals surface area contributed by atoms with Gasteiger partial charge in [0.25, 0.3) is 0 Å². The van der Waals surface area contributed by atoms with Crippen LogP contribution in [0.3, 0.4) is 0 Å². The SMILES string of the molecule is CCNC(CC1Cc2ccccc21)c1ccc(OC)nn1. The molecule has 21 heavy (non-hydrogen) atoms. The fraction of sp³-hybridized carbons (Fsp3) is 0.412. The number of hydrogen-bond donors (Lipinski definition) is 1. The minimum atomic E-state index is 0.242. The van der Waals surface area contributed by atoms with Crippen LogP contribution in [0, 0.1) is 0 Å². The summed E-state index contributed by atoms with van der Waals surface area (Å²) in [4.78, 5) is 0. The summed E-state index contributed by atoms with van der Waals surface area (Å²) in [6.45, 7) is 3.05. The Morgan fingerprint density at radius 3 is 2.76 bits per heavy atom. The minimum Gasteiger partial charge on any atom is -0.480 e. The molecule has 2 unspecified atom stereocenters. The Labute approximate surface area is 125 Å². The van der Waals surface area contributed by atoms with Crippen LogP contribution in [0.2, 0.25) is 0 Å². The Kier molecular flexibility index (Phi) is 4.15. The molecule has 1 aromatic carbocycles. The quantitative estimate of drug-likeness (QED) is 0.885. The van der Waals surface area contributed by atoms with Crippen LogP contribution < -0.4 is 10.1 Å². The van der Waals surface area contributed by atoms with Crippen molar-refractivity contribution in [3.05, 3.63) is 53.2 Å². The first kappa shape index (κ1) is 14.0. The summed E-state index contributed by atoms with van der Waals surface area (Å²) >= 11 is 0. The number of benzene rings is 1. The average Bonchev–Trinajstić information content (AvgIpc) is 2.52. The molecule has 3 rings (SSSR count). The van der Waals surface area contributed by atoms with Gasteiger partial charge in [0, 0.05) is 6.07 Å². The van der Waals surface area contributed by atoms with E-state index in [4.69, 9.17) is 4.74 Å². The van der Waals surface area contributed by atoms with Crippen LogP contribution in [0.5, 0.6) is 5.88 Å². The third-order valence-electron chi connectivity index (χ3n) is 4.16. The maximum absolute atomic E-state index is 5.07. The molecule has 0 radical (unpaired) electrons. The molecule has 1 aromatic heterocycles. The number of hydrogen-bond acceptors (Lipinski definition) is 4. The lowest BCUT2D eigenvalue weighted by Gasteiger charge is -2.33. The zero-order valence-electron chi connectivity index (χ0n) is 12.5. The Bertz CT molecular complexity index is 597. The first-order valence-corrected chi connectivity index (χ1v) is 7.50. The van der Waals surface area contributed by atoms with E-state index in [9.17, 15) is 0 Å². The van der Waals surface area contributed by atoms with E-state index in [0.717, 1.165) is 18.7 Å². The highest BCUT2D eigenvalue weighted by atomic mass is 16.5. The molecule has 0 saturated carbocycles. The highest BCUT2D eigenvalue weighted by Crippen LogP contribution is 2.40. The zero-order chi connectivity index (χ0) is 14.7. The van der Waals surface area contributed by atoms with Crippen LogP contribution in [0.25, 0.3) is 0 Å². The molecule has 0 aliphatic heterocycles. The predicted molar refractivity (Wildman–Crippen MR) is 82.5 cm³/mol. The van der Waals surface area contributed by atoms with E-state index >= 15 is 0 Å². The minimum absolute atomic E-state index is 0.242. The summed E-state index contributed by atoms with van der Waals surface area (Å²) in [5, 5.41) is 11.9. The number of rotatable bonds is 6. The van der Waals surface area contributed by atoms with E-state index in [-0.39, 0.29) is 6.04 Å². The fourth-order valence-corrected chi connectivity index (χ4v) is 3.04. The average molecular weight is 283 g/mol. The van der Waals surface area contributed by atoms with Crippen LogP contribution in [0.4, 0.5) is 0 Å². The van der Waals surface area contributed by atoms with Crippen molar-refractivity contribution >= 4 is 0 Å². The molecule has 0 saturated heterocycles. The summed E-state index contributed by atoms with van der Waals surface area (Å²) < 4.78 is 5.07. The second-order valence-electron chi connectivity index (χ2n) is 5.45. The second-order valence-corrected chi connectivity index (χ2v) is 5.45. The van der Waals surface area contributed by atoms with Gasteiger partial charge in [-0.2, -0.15) is 5.10 Å². The third kappa shape index (κ3) is 2.90. The van der Waals surface area contributed by atoms with Gasteiger partial charge in [0.05, 0.1) is 18.8 Å². The number of ether oxygens (including phenoxy) is 1.